The van der Waals surface area contributed by atoms with E-state index in [1.54, 1.807) is 0 Å². The summed E-state index contributed by atoms with van der Waals surface area (Å²) in [5, 5.41) is 8.94. The summed E-state index contributed by atoms with van der Waals surface area (Å²) in [6, 6.07) is 18.6. The molecule has 3 nitrogen and oxygen atoms in total. The van der Waals surface area contributed by atoms with Gasteiger partial charge in [-0.1, -0.05) is 48.5 Å². The lowest BCUT2D eigenvalue weighted by molar-refractivity contribution is -0.138. The number of carboxylic acids is 1. The Labute approximate surface area is 106 Å². The Morgan fingerprint density at radius 1 is 1.00 bits per heavy atom. The third-order valence-electron chi connectivity index (χ3n) is 2.55. The Bertz CT molecular complexity index is 494. The van der Waals surface area contributed by atoms with Crippen molar-refractivity contribution in [1.29, 1.82) is 0 Å². The quantitative estimate of drug-likeness (QED) is 0.875. The van der Waals surface area contributed by atoms with E-state index in [2.05, 4.69) is 0 Å². The molecule has 0 aliphatic rings. The van der Waals surface area contributed by atoms with Crippen molar-refractivity contribution < 1.29 is 14.6 Å². The number of hydrogen-bond acceptors (Lipinski definition) is 2. The van der Waals surface area contributed by atoms with Crippen molar-refractivity contribution in [3.05, 3.63) is 66.2 Å². The van der Waals surface area contributed by atoms with E-state index in [9.17, 15) is 4.79 Å². The van der Waals surface area contributed by atoms with Crippen LogP contribution in [0.15, 0.2) is 60.7 Å². The molecule has 0 spiro atoms. The molecule has 0 saturated carbocycles. The SMILES string of the molecule is O=C(O)CC(Oc1ccccc1)c1ccccc1. The maximum Gasteiger partial charge on any atom is 0.307 e. The van der Waals surface area contributed by atoms with Crippen LogP contribution in [-0.4, -0.2) is 11.1 Å². The third kappa shape index (κ3) is 3.35. The highest BCUT2D eigenvalue weighted by Crippen LogP contribution is 2.24. The fourth-order valence-corrected chi connectivity index (χ4v) is 1.72. The van der Waals surface area contributed by atoms with Crippen molar-refractivity contribution in [3.63, 3.8) is 0 Å². The molecule has 1 N–H and O–H groups in total. The zero-order chi connectivity index (χ0) is 12.8. The number of aliphatic carboxylic acids is 1. The minimum absolute atomic E-state index is 0.0566. The van der Waals surface area contributed by atoms with Crippen LogP contribution in [0.4, 0.5) is 0 Å². The molecule has 18 heavy (non-hydrogen) atoms. The zero-order valence-corrected chi connectivity index (χ0v) is 9.82. The van der Waals surface area contributed by atoms with Gasteiger partial charge in [0.15, 0.2) is 0 Å². The fraction of sp³-hybridized carbons (Fsp3) is 0.133. The van der Waals surface area contributed by atoms with E-state index in [4.69, 9.17) is 9.84 Å². The smallest absolute Gasteiger partial charge is 0.307 e. The van der Waals surface area contributed by atoms with Crippen LogP contribution in [0.2, 0.25) is 0 Å². The lowest BCUT2D eigenvalue weighted by atomic mass is 10.1. The Balaban J connectivity index is 2.18. The first-order chi connectivity index (χ1) is 8.75. The first kappa shape index (κ1) is 12.2. The highest BCUT2D eigenvalue weighted by Gasteiger charge is 2.16. The van der Waals surface area contributed by atoms with Crippen LogP contribution >= 0.6 is 0 Å². The molecule has 1 atom stereocenters. The molecule has 2 aromatic rings. The normalized spacial score (nSPS) is 11.8. The zero-order valence-electron chi connectivity index (χ0n) is 9.82. The van der Waals surface area contributed by atoms with Crippen molar-refractivity contribution in [3.8, 4) is 5.75 Å². The van der Waals surface area contributed by atoms with Crippen LogP contribution in [0.5, 0.6) is 5.75 Å². The van der Waals surface area contributed by atoms with Gasteiger partial charge in [0.1, 0.15) is 11.9 Å². The molecule has 0 aliphatic carbocycles. The van der Waals surface area contributed by atoms with Crippen LogP contribution < -0.4 is 4.74 Å². The van der Waals surface area contributed by atoms with Gasteiger partial charge in [-0.05, 0) is 17.7 Å². The number of ether oxygens (including phenoxy) is 1. The second-order valence-corrected chi connectivity index (χ2v) is 3.93. The molecule has 2 rings (SSSR count). The number of para-hydroxylation sites is 1. The average molecular weight is 242 g/mol. The second-order valence-electron chi connectivity index (χ2n) is 3.93. The summed E-state index contributed by atoms with van der Waals surface area (Å²) in [7, 11) is 0. The van der Waals surface area contributed by atoms with Crippen LogP contribution in [-0.2, 0) is 4.79 Å². The minimum Gasteiger partial charge on any atom is -0.485 e. The first-order valence-electron chi connectivity index (χ1n) is 5.74. The molecule has 0 aromatic heterocycles. The van der Waals surface area contributed by atoms with Crippen molar-refractivity contribution in [2.45, 2.75) is 12.5 Å². The maximum absolute atomic E-state index is 10.9. The van der Waals surface area contributed by atoms with Gasteiger partial charge in [0.05, 0.1) is 6.42 Å². The van der Waals surface area contributed by atoms with E-state index in [1.807, 2.05) is 60.7 Å². The second kappa shape index (κ2) is 5.87. The number of carbonyl (C=O) groups is 1. The molecule has 3 heteroatoms. The Morgan fingerprint density at radius 3 is 2.11 bits per heavy atom. The molecule has 1 unspecified atom stereocenters. The number of hydrogen-bond donors (Lipinski definition) is 1. The van der Waals surface area contributed by atoms with Gasteiger partial charge in [-0.2, -0.15) is 0 Å². The molecular weight excluding hydrogens is 228 g/mol. The maximum atomic E-state index is 10.9. The van der Waals surface area contributed by atoms with Gasteiger partial charge in [0.2, 0.25) is 0 Å². The van der Waals surface area contributed by atoms with E-state index < -0.39 is 12.1 Å². The molecule has 0 saturated heterocycles. The number of rotatable bonds is 5. The van der Waals surface area contributed by atoms with Gasteiger partial charge in [-0.3, -0.25) is 4.79 Å². The molecule has 0 aliphatic heterocycles. The predicted octanol–water partition coefficient (Wildman–Crippen LogP) is 3.28. The number of benzene rings is 2. The first-order valence-corrected chi connectivity index (χ1v) is 5.74. The van der Waals surface area contributed by atoms with Crippen LogP contribution in [0.25, 0.3) is 0 Å². The van der Waals surface area contributed by atoms with Gasteiger partial charge in [0.25, 0.3) is 0 Å². The summed E-state index contributed by atoms with van der Waals surface area (Å²) in [6.07, 6.45) is -0.523. The lowest BCUT2D eigenvalue weighted by Crippen LogP contribution is -2.12. The van der Waals surface area contributed by atoms with Crippen molar-refractivity contribution in [2.24, 2.45) is 0 Å². The highest BCUT2D eigenvalue weighted by atomic mass is 16.5. The van der Waals surface area contributed by atoms with Gasteiger partial charge < -0.3 is 9.84 Å². The van der Waals surface area contributed by atoms with Crippen molar-refractivity contribution in [2.75, 3.05) is 0 Å². The van der Waals surface area contributed by atoms with Gasteiger partial charge in [-0.15, -0.1) is 0 Å². The summed E-state index contributed by atoms with van der Waals surface area (Å²) in [4.78, 5) is 10.9. The van der Waals surface area contributed by atoms with Crippen LogP contribution in [0.1, 0.15) is 18.1 Å². The Kier molecular flexibility index (Phi) is 3.97. The molecule has 92 valence electrons. The van der Waals surface area contributed by atoms with Gasteiger partial charge in [-0.25, -0.2) is 0 Å². The Hall–Kier alpha value is -2.29. The molecule has 2 aromatic carbocycles. The van der Waals surface area contributed by atoms with E-state index in [-0.39, 0.29) is 6.42 Å². The summed E-state index contributed by atoms with van der Waals surface area (Å²) in [5.41, 5.74) is 0.865. The van der Waals surface area contributed by atoms with Gasteiger partial charge >= 0.3 is 5.97 Å². The lowest BCUT2D eigenvalue weighted by Gasteiger charge is -2.17. The van der Waals surface area contributed by atoms with E-state index in [0.717, 1.165) is 5.56 Å². The topological polar surface area (TPSA) is 46.5 Å². The van der Waals surface area contributed by atoms with E-state index in [0.29, 0.717) is 5.75 Å². The molecule has 0 amide bonds. The monoisotopic (exact) mass is 242 g/mol. The van der Waals surface area contributed by atoms with Crippen molar-refractivity contribution in [1.82, 2.24) is 0 Å². The Morgan fingerprint density at radius 2 is 1.56 bits per heavy atom. The standard InChI is InChI=1S/C15H14O3/c16-15(17)11-14(12-7-3-1-4-8-12)18-13-9-5-2-6-10-13/h1-10,14H,11H2,(H,16,17). The average Bonchev–Trinajstić information content (AvgIpc) is 2.40. The number of carboxylic acid groups (broad SMARTS) is 1. The van der Waals surface area contributed by atoms with E-state index in [1.165, 1.54) is 0 Å². The summed E-state index contributed by atoms with van der Waals surface area (Å²) < 4.78 is 5.73. The van der Waals surface area contributed by atoms with Crippen molar-refractivity contribution >= 4 is 5.97 Å². The van der Waals surface area contributed by atoms with Crippen LogP contribution in [0.3, 0.4) is 0 Å². The van der Waals surface area contributed by atoms with Gasteiger partial charge in [0, 0.05) is 0 Å². The summed E-state index contributed by atoms with van der Waals surface area (Å²) in [6.45, 7) is 0. The molecule has 0 fully saturated rings. The summed E-state index contributed by atoms with van der Waals surface area (Å²) >= 11 is 0. The van der Waals surface area contributed by atoms with E-state index >= 15 is 0 Å². The summed E-state index contributed by atoms with van der Waals surface area (Å²) in [5.74, 6) is -0.201. The van der Waals surface area contributed by atoms with Crippen LogP contribution in [0, 0.1) is 0 Å². The molecule has 0 heterocycles. The fourth-order valence-electron chi connectivity index (χ4n) is 1.72. The highest BCUT2D eigenvalue weighted by molar-refractivity contribution is 5.67. The molecular formula is C15H14O3. The molecule has 0 radical (unpaired) electrons. The largest absolute Gasteiger partial charge is 0.485 e. The third-order valence-corrected chi connectivity index (χ3v) is 2.55. The molecule has 0 bridgehead atoms. The predicted molar refractivity (Wildman–Crippen MR) is 68.5 cm³/mol. The minimum atomic E-state index is -0.875.